The van der Waals surface area contributed by atoms with Crippen molar-refractivity contribution in [2.24, 2.45) is 0 Å². The Morgan fingerprint density at radius 2 is 2.24 bits per heavy atom. The number of nitrogens with zero attached hydrogens (tertiary/aromatic N) is 2. The Bertz CT molecular complexity index is 614. The van der Waals surface area contributed by atoms with E-state index in [9.17, 15) is 0 Å². The number of hydrogen-bond acceptors (Lipinski definition) is 4. The molecule has 0 spiro atoms. The highest BCUT2D eigenvalue weighted by Crippen LogP contribution is 2.26. The minimum atomic E-state index is 0.329. The van der Waals surface area contributed by atoms with Gasteiger partial charge in [-0.1, -0.05) is 25.1 Å². The van der Waals surface area contributed by atoms with Gasteiger partial charge in [-0.25, -0.2) is 4.98 Å². The summed E-state index contributed by atoms with van der Waals surface area (Å²) in [6, 6.07) is 10.6. The molecule has 3 rings (SSSR count). The smallest absolute Gasteiger partial charge is 0.129 e. The molecule has 1 atom stereocenters. The van der Waals surface area contributed by atoms with Crippen molar-refractivity contribution in [3.05, 3.63) is 35.9 Å². The van der Waals surface area contributed by atoms with Crippen molar-refractivity contribution < 1.29 is 4.74 Å². The van der Waals surface area contributed by atoms with Gasteiger partial charge in [0.25, 0.3) is 0 Å². The molecule has 1 saturated heterocycles. The van der Waals surface area contributed by atoms with Crippen molar-refractivity contribution in [1.82, 2.24) is 10.3 Å². The fraction of sp³-hybridized carbons (Fsp3) is 0.471. The summed E-state index contributed by atoms with van der Waals surface area (Å²) in [6.45, 7) is 5.94. The second kappa shape index (κ2) is 6.41. The molecule has 0 radical (unpaired) electrons. The first kappa shape index (κ1) is 14.3. The van der Waals surface area contributed by atoms with E-state index >= 15 is 0 Å². The van der Waals surface area contributed by atoms with Gasteiger partial charge in [0.2, 0.25) is 0 Å². The summed E-state index contributed by atoms with van der Waals surface area (Å²) in [5.41, 5.74) is 2.39. The zero-order valence-corrected chi connectivity index (χ0v) is 12.8. The highest BCUT2D eigenvalue weighted by atomic mass is 16.5. The summed E-state index contributed by atoms with van der Waals surface area (Å²) in [6.07, 6.45) is 1.41. The highest BCUT2D eigenvalue weighted by molar-refractivity contribution is 5.84. The van der Waals surface area contributed by atoms with Gasteiger partial charge in [-0.3, -0.25) is 0 Å². The van der Waals surface area contributed by atoms with Gasteiger partial charge in [0.1, 0.15) is 5.82 Å². The monoisotopic (exact) mass is 285 g/mol. The summed E-state index contributed by atoms with van der Waals surface area (Å²) in [5.74, 6) is 1.07. The van der Waals surface area contributed by atoms with E-state index in [1.54, 1.807) is 7.11 Å². The molecule has 4 heteroatoms. The van der Waals surface area contributed by atoms with Crippen LogP contribution < -0.4 is 10.2 Å². The lowest BCUT2D eigenvalue weighted by Gasteiger charge is -2.19. The number of ether oxygens (including phenoxy) is 1. The van der Waals surface area contributed by atoms with Crippen molar-refractivity contribution in [2.75, 3.05) is 31.6 Å². The molecule has 1 aromatic carbocycles. The normalized spacial score (nSPS) is 18.6. The molecule has 21 heavy (non-hydrogen) atoms. The maximum Gasteiger partial charge on any atom is 0.129 e. The number of fused-ring (bicyclic) bond motifs is 1. The second-order valence-corrected chi connectivity index (χ2v) is 5.53. The highest BCUT2D eigenvalue weighted by Gasteiger charge is 2.23. The minimum Gasteiger partial charge on any atom is -0.380 e. The fourth-order valence-corrected chi connectivity index (χ4v) is 2.93. The molecule has 1 aliphatic rings. The van der Waals surface area contributed by atoms with E-state index in [4.69, 9.17) is 9.72 Å². The van der Waals surface area contributed by atoms with Crippen LogP contribution in [0.25, 0.3) is 10.9 Å². The van der Waals surface area contributed by atoms with Crippen LogP contribution in [0, 0.1) is 0 Å². The first-order valence-corrected chi connectivity index (χ1v) is 7.69. The molecule has 1 aliphatic heterocycles. The first-order valence-electron chi connectivity index (χ1n) is 7.69. The van der Waals surface area contributed by atoms with E-state index < -0.39 is 0 Å². The van der Waals surface area contributed by atoms with Crippen LogP contribution in [-0.4, -0.2) is 37.8 Å². The SMILES string of the molecule is CCNCc1cc(N2CCC(OC)C2)nc2ccccc12. The quantitative estimate of drug-likeness (QED) is 0.916. The van der Waals surface area contributed by atoms with E-state index in [1.807, 2.05) is 0 Å². The van der Waals surface area contributed by atoms with Gasteiger partial charge in [-0.2, -0.15) is 0 Å². The third-order valence-electron chi connectivity index (χ3n) is 4.16. The van der Waals surface area contributed by atoms with Crippen molar-refractivity contribution in [1.29, 1.82) is 0 Å². The van der Waals surface area contributed by atoms with Crippen molar-refractivity contribution in [3.63, 3.8) is 0 Å². The third-order valence-corrected chi connectivity index (χ3v) is 4.16. The van der Waals surface area contributed by atoms with Gasteiger partial charge in [-0.15, -0.1) is 0 Å². The molecule has 112 valence electrons. The zero-order valence-electron chi connectivity index (χ0n) is 12.8. The largest absolute Gasteiger partial charge is 0.380 e. The molecule has 2 heterocycles. The maximum absolute atomic E-state index is 5.46. The van der Waals surface area contributed by atoms with Crippen LogP contribution in [0.1, 0.15) is 18.9 Å². The lowest BCUT2D eigenvalue weighted by atomic mass is 10.1. The van der Waals surface area contributed by atoms with Gasteiger partial charge >= 0.3 is 0 Å². The molecular weight excluding hydrogens is 262 g/mol. The standard InChI is InChI=1S/C17H23N3O/c1-3-18-11-13-10-17(20-9-8-14(12-20)21-2)19-16-7-5-4-6-15(13)16/h4-7,10,14,18H,3,8-9,11-12H2,1-2H3. The van der Waals surface area contributed by atoms with Crippen LogP contribution in [0.4, 0.5) is 5.82 Å². The summed E-state index contributed by atoms with van der Waals surface area (Å²) < 4.78 is 5.46. The lowest BCUT2D eigenvalue weighted by Crippen LogP contribution is -2.23. The van der Waals surface area contributed by atoms with Crippen molar-refractivity contribution in [2.45, 2.75) is 26.0 Å². The van der Waals surface area contributed by atoms with E-state index in [2.05, 4.69) is 47.5 Å². The molecule has 1 N–H and O–H groups in total. The third kappa shape index (κ3) is 3.01. The molecule has 0 saturated carbocycles. The Hall–Kier alpha value is -1.65. The number of anilines is 1. The Labute approximate surface area is 126 Å². The van der Waals surface area contributed by atoms with Crippen LogP contribution in [0.2, 0.25) is 0 Å². The predicted octanol–water partition coefficient (Wildman–Crippen LogP) is 2.57. The van der Waals surface area contributed by atoms with Crippen molar-refractivity contribution in [3.8, 4) is 0 Å². The number of para-hydroxylation sites is 1. The average Bonchev–Trinajstić information content (AvgIpc) is 3.01. The van der Waals surface area contributed by atoms with Crippen LogP contribution in [0.15, 0.2) is 30.3 Å². The van der Waals surface area contributed by atoms with E-state index in [1.165, 1.54) is 10.9 Å². The summed E-state index contributed by atoms with van der Waals surface area (Å²) >= 11 is 0. The van der Waals surface area contributed by atoms with Crippen LogP contribution in [-0.2, 0) is 11.3 Å². The molecule has 0 bridgehead atoms. The summed E-state index contributed by atoms with van der Waals surface area (Å²) in [7, 11) is 1.79. The number of rotatable bonds is 5. The lowest BCUT2D eigenvalue weighted by molar-refractivity contribution is 0.121. The first-order chi connectivity index (χ1) is 10.3. The minimum absolute atomic E-state index is 0.329. The zero-order chi connectivity index (χ0) is 14.7. The number of hydrogen-bond donors (Lipinski definition) is 1. The number of benzene rings is 1. The van der Waals surface area contributed by atoms with Gasteiger partial charge in [0.05, 0.1) is 11.6 Å². The van der Waals surface area contributed by atoms with Crippen LogP contribution in [0.5, 0.6) is 0 Å². The van der Waals surface area contributed by atoms with Gasteiger partial charge < -0.3 is 15.0 Å². The van der Waals surface area contributed by atoms with E-state index in [-0.39, 0.29) is 0 Å². The fourth-order valence-electron chi connectivity index (χ4n) is 2.93. The van der Waals surface area contributed by atoms with Gasteiger partial charge in [-0.05, 0) is 30.7 Å². The topological polar surface area (TPSA) is 37.4 Å². The number of aromatic nitrogens is 1. The molecule has 2 aromatic rings. The molecule has 1 fully saturated rings. The number of nitrogens with one attached hydrogen (secondary N) is 1. The predicted molar refractivity (Wildman–Crippen MR) is 86.8 cm³/mol. The Kier molecular flexibility index (Phi) is 4.36. The molecule has 4 nitrogen and oxygen atoms in total. The maximum atomic E-state index is 5.46. The average molecular weight is 285 g/mol. The molecular formula is C17H23N3O. The van der Waals surface area contributed by atoms with Crippen LogP contribution >= 0.6 is 0 Å². The number of methoxy groups -OCH3 is 1. The van der Waals surface area contributed by atoms with E-state index in [0.29, 0.717) is 6.10 Å². The van der Waals surface area contributed by atoms with Gasteiger partial charge in [0.15, 0.2) is 0 Å². The summed E-state index contributed by atoms with van der Waals surface area (Å²) in [4.78, 5) is 7.17. The second-order valence-electron chi connectivity index (χ2n) is 5.53. The van der Waals surface area contributed by atoms with Crippen molar-refractivity contribution >= 4 is 16.7 Å². The summed E-state index contributed by atoms with van der Waals surface area (Å²) in [5, 5.41) is 4.66. The number of pyridine rings is 1. The Balaban J connectivity index is 1.95. The van der Waals surface area contributed by atoms with Gasteiger partial charge in [0, 0.05) is 32.1 Å². The van der Waals surface area contributed by atoms with E-state index in [0.717, 1.165) is 43.9 Å². The Morgan fingerprint density at radius 3 is 3.00 bits per heavy atom. The van der Waals surface area contributed by atoms with Crippen LogP contribution in [0.3, 0.4) is 0 Å². The molecule has 1 aromatic heterocycles. The molecule has 1 unspecified atom stereocenters. The molecule has 0 amide bonds. The molecule has 0 aliphatic carbocycles. The Morgan fingerprint density at radius 1 is 1.38 bits per heavy atom.